The zero-order valence-electron chi connectivity index (χ0n) is 12.6. The van der Waals surface area contributed by atoms with Gasteiger partial charge >= 0.3 is 5.97 Å². The summed E-state index contributed by atoms with van der Waals surface area (Å²) < 4.78 is 4.81. The molecule has 21 heavy (non-hydrogen) atoms. The molecule has 118 valence electrons. The van der Waals surface area contributed by atoms with E-state index >= 15 is 0 Å². The molecule has 1 aliphatic heterocycles. The van der Waals surface area contributed by atoms with Crippen LogP contribution >= 0.6 is 12.2 Å². The molecule has 1 aliphatic carbocycles. The van der Waals surface area contributed by atoms with Crippen LogP contribution in [0, 0.1) is 11.3 Å². The molecule has 2 aliphatic rings. The standard InChI is InChI=1S/C15H24N2O3S/c1-20-12(18)11-6-5-9-17(10-11)14(19)15(13(16)21)7-3-2-4-8-15/h11H,2-10H2,1H3,(H2,16,21). The Bertz CT molecular complexity index is 433. The van der Waals surface area contributed by atoms with Gasteiger partial charge in [0, 0.05) is 13.1 Å². The summed E-state index contributed by atoms with van der Waals surface area (Å²) in [5.74, 6) is -0.441. The lowest BCUT2D eigenvalue weighted by Crippen LogP contribution is -2.54. The maximum absolute atomic E-state index is 13.0. The molecule has 2 fully saturated rings. The molecule has 1 amide bonds. The smallest absolute Gasteiger partial charge is 0.310 e. The number of thiocarbonyl (C=S) groups is 1. The largest absolute Gasteiger partial charge is 0.469 e. The molecule has 1 saturated carbocycles. The monoisotopic (exact) mass is 312 g/mol. The Kier molecular flexibility index (Phi) is 5.19. The van der Waals surface area contributed by atoms with E-state index in [0.717, 1.165) is 44.9 Å². The number of piperidine rings is 1. The lowest BCUT2D eigenvalue weighted by atomic mass is 9.72. The summed E-state index contributed by atoms with van der Waals surface area (Å²) in [5, 5.41) is 0. The maximum Gasteiger partial charge on any atom is 0.310 e. The number of hydrogen-bond acceptors (Lipinski definition) is 4. The van der Waals surface area contributed by atoms with Crippen molar-refractivity contribution in [3.05, 3.63) is 0 Å². The van der Waals surface area contributed by atoms with Gasteiger partial charge in [0.05, 0.1) is 23.4 Å². The molecular weight excluding hydrogens is 288 g/mol. The van der Waals surface area contributed by atoms with Gasteiger partial charge in [-0.05, 0) is 25.7 Å². The molecule has 1 atom stereocenters. The van der Waals surface area contributed by atoms with Crippen LogP contribution in [0.5, 0.6) is 0 Å². The molecule has 2 rings (SSSR count). The van der Waals surface area contributed by atoms with Gasteiger partial charge in [0.2, 0.25) is 5.91 Å². The van der Waals surface area contributed by atoms with E-state index in [0.29, 0.717) is 18.1 Å². The van der Waals surface area contributed by atoms with Crippen molar-refractivity contribution in [3.8, 4) is 0 Å². The number of carbonyl (C=O) groups excluding carboxylic acids is 2. The van der Waals surface area contributed by atoms with E-state index in [1.165, 1.54) is 7.11 Å². The summed E-state index contributed by atoms with van der Waals surface area (Å²) in [6.45, 7) is 1.10. The van der Waals surface area contributed by atoms with Crippen LogP contribution in [-0.4, -0.2) is 42.0 Å². The van der Waals surface area contributed by atoms with Crippen molar-refractivity contribution in [2.24, 2.45) is 17.1 Å². The van der Waals surface area contributed by atoms with Crippen LogP contribution in [0.3, 0.4) is 0 Å². The first-order chi connectivity index (χ1) is 10.0. The van der Waals surface area contributed by atoms with E-state index in [1.54, 1.807) is 4.90 Å². The zero-order chi connectivity index (χ0) is 15.5. The van der Waals surface area contributed by atoms with Crippen LogP contribution in [-0.2, 0) is 14.3 Å². The van der Waals surface area contributed by atoms with Crippen LogP contribution in [0.2, 0.25) is 0 Å². The molecule has 1 heterocycles. The van der Waals surface area contributed by atoms with E-state index in [-0.39, 0.29) is 17.8 Å². The molecule has 1 unspecified atom stereocenters. The van der Waals surface area contributed by atoms with Crippen molar-refractivity contribution in [3.63, 3.8) is 0 Å². The minimum atomic E-state index is -0.689. The second-order valence-electron chi connectivity index (χ2n) is 6.12. The number of nitrogens with zero attached hydrogens (tertiary/aromatic N) is 1. The van der Waals surface area contributed by atoms with Gasteiger partial charge in [-0.2, -0.15) is 0 Å². The Hall–Kier alpha value is -1.17. The first kappa shape index (κ1) is 16.2. The fourth-order valence-electron chi connectivity index (χ4n) is 3.54. The highest BCUT2D eigenvalue weighted by Crippen LogP contribution is 2.39. The molecule has 0 aromatic carbocycles. The van der Waals surface area contributed by atoms with E-state index in [2.05, 4.69) is 0 Å². The number of hydrogen-bond donors (Lipinski definition) is 1. The molecule has 0 bridgehead atoms. The quantitative estimate of drug-likeness (QED) is 0.633. The van der Waals surface area contributed by atoms with Gasteiger partial charge < -0.3 is 15.4 Å². The van der Waals surface area contributed by atoms with E-state index < -0.39 is 5.41 Å². The molecule has 0 aromatic heterocycles. The van der Waals surface area contributed by atoms with E-state index in [4.69, 9.17) is 22.7 Å². The minimum absolute atomic E-state index is 0.0169. The number of rotatable bonds is 3. The SMILES string of the molecule is COC(=O)C1CCCN(C(=O)C2(C(N)=S)CCCCC2)C1. The van der Waals surface area contributed by atoms with Crippen molar-refractivity contribution in [2.75, 3.05) is 20.2 Å². The van der Waals surface area contributed by atoms with Gasteiger partial charge in [-0.25, -0.2) is 0 Å². The molecule has 1 saturated heterocycles. The average molecular weight is 312 g/mol. The van der Waals surface area contributed by atoms with Crippen molar-refractivity contribution in [2.45, 2.75) is 44.9 Å². The Morgan fingerprint density at radius 1 is 1.24 bits per heavy atom. The third-order valence-electron chi connectivity index (χ3n) is 4.83. The number of carbonyl (C=O) groups is 2. The Morgan fingerprint density at radius 3 is 2.48 bits per heavy atom. The number of ether oxygens (including phenoxy) is 1. The molecule has 0 aromatic rings. The first-order valence-electron chi connectivity index (χ1n) is 7.68. The van der Waals surface area contributed by atoms with Gasteiger partial charge in [0.15, 0.2) is 0 Å². The molecule has 0 spiro atoms. The fourth-order valence-corrected chi connectivity index (χ4v) is 3.84. The normalized spacial score (nSPS) is 25.2. The summed E-state index contributed by atoms with van der Waals surface area (Å²) in [6, 6.07) is 0. The van der Waals surface area contributed by atoms with Crippen molar-refractivity contribution in [1.82, 2.24) is 4.90 Å². The number of likely N-dealkylation sites (tertiary alicyclic amines) is 1. The second-order valence-corrected chi connectivity index (χ2v) is 6.56. The molecule has 5 nitrogen and oxygen atoms in total. The van der Waals surface area contributed by atoms with Gasteiger partial charge in [0.25, 0.3) is 0 Å². The van der Waals surface area contributed by atoms with E-state index in [9.17, 15) is 9.59 Å². The van der Waals surface area contributed by atoms with E-state index in [1.807, 2.05) is 0 Å². The number of methoxy groups -OCH3 is 1. The average Bonchev–Trinajstić information content (AvgIpc) is 2.54. The minimum Gasteiger partial charge on any atom is -0.469 e. The van der Waals surface area contributed by atoms with Crippen LogP contribution in [0.1, 0.15) is 44.9 Å². The number of nitrogens with two attached hydrogens (primary N) is 1. The summed E-state index contributed by atoms with van der Waals surface area (Å²) in [4.78, 5) is 26.8. The summed E-state index contributed by atoms with van der Waals surface area (Å²) in [5.41, 5.74) is 5.23. The third-order valence-corrected chi connectivity index (χ3v) is 5.22. The number of amides is 1. The third kappa shape index (κ3) is 3.20. The van der Waals surface area contributed by atoms with Crippen LogP contribution in [0.4, 0.5) is 0 Å². The molecular formula is C15H24N2O3S. The highest BCUT2D eigenvalue weighted by Gasteiger charge is 2.45. The summed E-state index contributed by atoms with van der Waals surface area (Å²) >= 11 is 5.22. The fraction of sp³-hybridized carbons (Fsp3) is 0.800. The van der Waals surface area contributed by atoms with Crippen molar-refractivity contribution >= 4 is 29.1 Å². The van der Waals surface area contributed by atoms with Gasteiger partial charge in [-0.15, -0.1) is 0 Å². The lowest BCUT2D eigenvalue weighted by molar-refractivity contribution is -0.151. The summed E-state index contributed by atoms with van der Waals surface area (Å²) in [6.07, 6.45) is 6.16. The molecule has 2 N–H and O–H groups in total. The van der Waals surface area contributed by atoms with Gasteiger partial charge in [0.1, 0.15) is 0 Å². The van der Waals surface area contributed by atoms with Gasteiger partial charge in [-0.3, -0.25) is 9.59 Å². The topological polar surface area (TPSA) is 72.6 Å². The highest BCUT2D eigenvalue weighted by molar-refractivity contribution is 7.80. The zero-order valence-corrected chi connectivity index (χ0v) is 13.4. The van der Waals surface area contributed by atoms with Crippen LogP contribution in [0.15, 0.2) is 0 Å². The lowest BCUT2D eigenvalue weighted by Gasteiger charge is -2.41. The number of esters is 1. The van der Waals surface area contributed by atoms with Crippen LogP contribution in [0.25, 0.3) is 0 Å². The summed E-state index contributed by atoms with van der Waals surface area (Å²) in [7, 11) is 1.39. The van der Waals surface area contributed by atoms with Crippen LogP contribution < -0.4 is 5.73 Å². The molecule has 0 radical (unpaired) electrons. The van der Waals surface area contributed by atoms with Crippen molar-refractivity contribution < 1.29 is 14.3 Å². The Morgan fingerprint density at radius 2 is 1.90 bits per heavy atom. The molecule has 6 heteroatoms. The first-order valence-corrected chi connectivity index (χ1v) is 8.09. The predicted molar refractivity (Wildman–Crippen MR) is 83.6 cm³/mol. The maximum atomic E-state index is 13.0. The highest BCUT2D eigenvalue weighted by atomic mass is 32.1. The van der Waals surface area contributed by atoms with Gasteiger partial charge in [-0.1, -0.05) is 31.5 Å². The second kappa shape index (κ2) is 6.73. The van der Waals surface area contributed by atoms with Crippen molar-refractivity contribution in [1.29, 1.82) is 0 Å². The predicted octanol–water partition coefficient (Wildman–Crippen LogP) is 1.63. The Labute approximate surface area is 131 Å². The Balaban J connectivity index is 2.13.